The average molecular weight is 541 g/mol. The van der Waals surface area contributed by atoms with Gasteiger partial charge in [-0.15, -0.1) is 0 Å². The summed E-state index contributed by atoms with van der Waals surface area (Å²) in [6.45, 7) is 2.91. The summed E-state index contributed by atoms with van der Waals surface area (Å²) in [6, 6.07) is 19.9. The van der Waals surface area contributed by atoms with Crippen molar-refractivity contribution in [2.24, 2.45) is 0 Å². The molecule has 3 aromatic carbocycles. The maximum Gasteiger partial charge on any atom is 0.243 e. The summed E-state index contributed by atoms with van der Waals surface area (Å²) in [5.74, 6) is 1.05. The second kappa shape index (κ2) is 12.8. The Bertz CT molecular complexity index is 1240. The standard InChI is InChI=1S/C29H30Cl2N2O4/c1-2-14-32-29(35)25(15-20-6-4-3-5-7-20)33(18-22-10-11-23(30)17-24(22)31)28(34)13-9-21-8-12-26-27(16-21)37-19-36-26/h3-8,10-12,16-17,25H,2,9,13-15,18-19H2,1H3,(H,32,35)/t25-/m1/s1. The van der Waals surface area contributed by atoms with E-state index in [0.717, 1.165) is 23.1 Å². The van der Waals surface area contributed by atoms with Crippen molar-refractivity contribution in [3.05, 3.63) is 93.5 Å². The highest BCUT2D eigenvalue weighted by Gasteiger charge is 2.30. The van der Waals surface area contributed by atoms with Crippen LogP contribution in [0.3, 0.4) is 0 Å². The van der Waals surface area contributed by atoms with E-state index in [0.29, 0.717) is 40.9 Å². The minimum atomic E-state index is -0.704. The number of carbonyl (C=O) groups is 2. The Balaban J connectivity index is 1.61. The molecule has 0 unspecified atom stereocenters. The smallest absolute Gasteiger partial charge is 0.243 e. The van der Waals surface area contributed by atoms with Crippen molar-refractivity contribution in [2.75, 3.05) is 13.3 Å². The molecule has 8 heteroatoms. The van der Waals surface area contributed by atoms with Crippen molar-refractivity contribution in [1.82, 2.24) is 10.2 Å². The molecule has 1 atom stereocenters. The van der Waals surface area contributed by atoms with Gasteiger partial charge in [0, 0.05) is 36.0 Å². The number of halogens is 2. The third-order valence-electron chi connectivity index (χ3n) is 6.24. The van der Waals surface area contributed by atoms with Gasteiger partial charge in [-0.25, -0.2) is 0 Å². The molecule has 3 aromatic rings. The lowest BCUT2D eigenvalue weighted by molar-refractivity contribution is -0.141. The van der Waals surface area contributed by atoms with Gasteiger partial charge in [0.2, 0.25) is 18.6 Å². The van der Waals surface area contributed by atoms with Crippen molar-refractivity contribution in [2.45, 2.75) is 45.2 Å². The fourth-order valence-electron chi connectivity index (χ4n) is 4.24. The Morgan fingerprint density at radius 3 is 2.51 bits per heavy atom. The molecule has 0 aromatic heterocycles. The second-order valence-corrected chi connectivity index (χ2v) is 9.79. The zero-order chi connectivity index (χ0) is 26.2. The quantitative estimate of drug-likeness (QED) is 0.332. The lowest BCUT2D eigenvalue weighted by Crippen LogP contribution is -2.50. The van der Waals surface area contributed by atoms with Crippen LogP contribution in [0.5, 0.6) is 11.5 Å². The van der Waals surface area contributed by atoms with Gasteiger partial charge in [0.1, 0.15) is 6.04 Å². The summed E-state index contributed by atoms with van der Waals surface area (Å²) in [5.41, 5.74) is 2.65. The predicted octanol–water partition coefficient (Wildman–Crippen LogP) is 5.82. The number of fused-ring (bicyclic) bond motifs is 1. The van der Waals surface area contributed by atoms with E-state index in [1.54, 1.807) is 23.1 Å². The van der Waals surface area contributed by atoms with Gasteiger partial charge in [-0.3, -0.25) is 9.59 Å². The second-order valence-electron chi connectivity index (χ2n) is 8.94. The van der Waals surface area contributed by atoms with Crippen molar-refractivity contribution < 1.29 is 19.1 Å². The first-order chi connectivity index (χ1) is 17.9. The molecule has 0 fully saturated rings. The van der Waals surface area contributed by atoms with Gasteiger partial charge in [0.05, 0.1) is 0 Å². The number of nitrogens with zero attached hydrogens (tertiary/aromatic N) is 1. The number of nitrogens with one attached hydrogen (secondary N) is 1. The summed E-state index contributed by atoms with van der Waals surface area (Å²) in [5, 5.41) is 3.94. The fraction of sp³-hybridized carbons (Fsp3) is 0.310. The van der Waals surface area contributed by atoms with Gasteiger partial charge in [-0.2, -0.15) is 0 Å². The van der Waals surface area contributed by atoms with E-state index in [1.807, 2.05) is 55.5 Å². The first-order valence-corrected chi connectivity index (χ1v) is 13.1. The van der Waals surface area contributed by atoms with Crippen LogP contribution in [0.25, 0.3) is 0 Å². The number of rotatable bonds is 11. The monoisotopic (exact) mass is 540 g/mol. The average Bonchev–Trinajstić information content (AvgIpc) is 3.37. The Kier molecular flexibility index (Phi) is 9.31. The molecule has 2 amide bonds. The van der Waals surface area contributed by atoms with E-state index in [1.165, 1.54) is 0 Å². The van der Waals surface area contributed by atoms with Gasteiger partial charge in [-0.05, 0) is 53.8 Å². The van der Waals surface area contributed by atoms with Gasteiger partial charge in [0.15, 0.2) is 11.5 Å². The molecule has 0 radical (unpaired) electrons. The molecule has 0 aliphatic carbocycles. The Morgan fingerprint density at radius 1 is 0.973 bits per heavy atom. The van der Waals surface area contributed by atoms with Crippen LogP contribution in [-0.2, 0) is 29.0 Å². The van der Waals surface area contributed by atoms with Crippen LogP contribution in [-0.4, -0.2) is 36.1 Å². The van der Waals surface area contributed by atoms with Crippen LogP contribution in [0.15, 0.2) is 66.7 Å². The summed E-state index contributed by atoms with van der Waals surface area (Å²) >= 11 is 12.6. The summed E-state index contributed by atoms with van der Waals surface area (Å²) in [7, 11) is 0. The van der Waals surface area contributed by atoms with Gasteiger partial charge >= 0.3 is 0 Å². The molecule has 0 saturated heterocycles. The molecule has 0 saturated carbocycles. The minimum Gasteiger partial charge on any atom is -0.454 e. The maximum absolute atomic E-state index is 13.8. The van der Waals surface area contributed by atoms with Crippen molar-refractivity contribution >= 4 is 35.0 Å². The molecular formula is C29H30Cl2N2O4. The molecule has 1 aliphatic heterocycles. The highest BCUT2D eigenvalue weighted by Crippen LogP contribution is 2.33. The number of ether oxygens (including phenoxy) is 2. The zero-order valence-electron chi connectivity index (χ0n) is 20.7. The Labute approximate surface area is 227 Å². The van der Waals surface area contributed by atoms with Crippen LogP contribution >= 0.6 is 23.2 Å². The number of carbonyl (C=O) groups excluding carboxylic acids is 2. The van der Waals surface area contributed by atoms with Crippen molar-refractivity contribution in [3.8, 4) is 11.5 Å². The van der Waals surface area contributed by atoms with Crippen molar-refractivity contribution in [1.29, 1.82) is 0 Å². The van der Waals surface area contributed by atoms with E-state index >= 15 is 0 Å². The maximum atomic E-state index is 13.8. The number of hydrogen-bond acceptors (Lipinski definition) is 4. The molecular weight excluding hydrogens is 511 g/mol. The fourth-order valence-corrected chi connectivity index (χ4v) is 4.71. The van der Waals surface area contributed by atoms with Gasteiger partial charge in [-0.1, -0.05) is 72.6 Å². The third-order valence-corrected chi connectivity index (χ3v) is 6.83. The molecule has 1 N–H and O–H groups in total. The van der Waals surface area contributed by atoms with Crippen LogP contribution in [0.4, 0.5) is 0 Å². The van der Waals surface area contributed by atoms with Gasteiger partial charge < -0.3 is 19.7 Å². The molecule has 6 nitrogen and oxygen atoms in total. The SMILES string of the molecule is CCCNC(=O)[C@@H](Cc1ccccc1)N(Cc1ccc(Cl)cc1Cl)C(=O)CCc1ccc2c(c1)OCO2. The highest BCUT2D eigenvalue weighted by atomic mass is 35.5. The predicted molar refractivity (Wildman–Crippen MR) is 145 cm³/mol. The van der Waals surface area contributed by atoms with Gasteiger partial charge in [0.25, 0.3) is 0 Å². The number of hydrogen-bond donors (Lipinski definition) is 1. The Hall–Kier alpha value is -3.22. The summed E-state index contributed by atoms with van der Waals surface area (Å²) < 4.78 is 10.9. The van der Waals surface area contributed by atoms with E-state index in [2.05, 4.69) is 5.32 Å². The van der Waals surface area contributed by atoms with E-state index in [4.69, 9.17) is 32.7 Å². The van der Waals surface area contributed by atoms with E-state index in [9.17, 15) is 9.59 Å². The normalized spacial score (nSPS) is 12.7. The molecule has 4 rings (SSSR count). The molecule has 0 bridgehead atoms. The summed E-state index contributed by atoms with van der Waals surface area (Å²) in [6.07, 6.45) is 1.90. The highest BCUT2D eigenvalue weighted by molar-refractivity contribution is 6.35. The van der Waals surface area contributed by atoms with E-state index in [-0.39, 0.29) is 31.6 Å². The summed E-state index contributed by atoms with van der Waals surface area (Å²) in [4.78, 5) is 28.8. The topological polar surface area (TPSA) is 67.9 Å². The molecule has 1 aliphatic rings. The van der Waals surface area contributed by atoms with E-state index < -0.39 is 6.04 Å². The number of amides is 2. The van der Waals surface area contributed by atoms with Crippen LogP contribution in [0, 0.1) is 0 Å². The molecule has 194 valence electrons. The van der Waals surface area contributed by atoms with Crippen LogP contribution in [0.1, 0.15) is 36.5 Å². The largest absolute Gasteiger partial charge is 0.454 e. The lowest BCUT2D eigenvalue weighted by Gasteiger charge is -2.32. The minimum absolute atomic E-state index is 0.142. The third kappa shape index (κ3) is 7.18. The Morgan fingerprint density at radius 2 is 1.76 bits per heavy atom. The van der Waals surface area contributed by atoms with Crippen LogP contribution in [0.2, 0.25) is 10.0 Å². The number of benzene rings is 3. The van der Waals surface area contributed by atoms with Crippen molar-refractivity contribution in [3.63, 3.8) is 0 Å². The zero-order valence-corrected chi connectivity index (χ0v) is 22.2. The lowest BCUT2D eigenvalue weighted by atomic mass is 10.0. The first kappa shape index (κ1) is 26.8. The molecule has 37 heavy (non-hydrogen) atoms. The first-order valence-electron chi connectivity index (χ1n) is 12.4. The van der Waals surface area contributed by atoms with Crippen LogP contribution < -0.4 is 14.8 Å². The molecule has 1 heterocycles. The number of aryl methyl sites for hydroxylation is 1. The molecule has 0 spiro atoms.